The van der Waals surface area contributed by atoms with Gasteiger partial charge in [0.2, 0.25) is 11.8 Å². The molecule has 0 bridgehead atoms. The molecule has 26 heavy (non-hydrogen) atoms. The maximum atomic E-state index is 12.8. The molecule has 2 aliphatic rings. The fourth-order valence-corrected chi connectivity index (χ4v) is 3.60. The van der Waals surface area contributed by atoms with Gasteiger partial charge in [-0.25, -0.2) is 0 Å². The molecule has 4 rings (SSSR count). The summed E-state index contributed by atoms with van der Waals surface area (Å²) in [5.74, 6) is -0.391. The molecule has 0 aromatic heterocycles. The molecule has 1 fully saturated rings. The number of hydrogen-bond donors (Lipinski definition) is 1. The maximum Gasteiger partial charge on any atom is 0.230 e. The van der Waals surface area contributed by atoms with Gasteiger partial charge in [0, 0.05) is 37.7 Å². The van der Waals surface area contributed by atoms with Crippen LogP contribution >= 0.6 is 0 Å². The van der Waals surface area contributed by atoms with E-state index in [4.69, 9.17) is 0 Å². The van der Waals surface area contributed by atoms with Gasteiger partial charge < -0.3 is 15.1 Å². The maximum absolute atomic E-state index is 12.8. The molecule has 0 saturated heterocycles. The lowest BCUT2D eigenvalue weighted by Gasteiger charge is -2.17. The number of fused-ring (bicyclic) bond motifs is 1. The normalized spacial score (nSPS) is 20.5. The summed E-state index contributed by atoms with van der Waals surface area (Å²) in [6.07, 6.45) is 1.53. The third kappa shape index (κ3) is 3.05. The number of benzene rings is 2. The molecule has 2 aromatic rings. The molecule has 2 unspecified atom stereocenters. The van der Waals surface area contributed by atoms with Crippen molar-refractivity contribution in [1.29, 1.82) is 0 Å². The second-order valence-corrected chi connectivity index (χ2v) is 7.25. The Labute approximate surface area is 153 Å². The lowest BCUT2D eigenvalue weighted by Crippen LogP contribution is -2.31. The fourth-order valence-electron chi connectivity index (χ4n) is 3.60. The van der Waals surface area contributed by atoms with Crippen LogP contribution in [0.5, 0.6) is 0 Å². The third-order valence-electron chi connectivity index (χ3n) is 5.25. The molecular formula is C21H23N3O2. The van der Waals surface area contributed by atoms with E-state index in [9.17, 15) is 9.59 Å². The molecule has 5 nitrogen and oxygen atoms in total. The first-order valence-electron chi connectivity index (χ1n) is 9.02. The van der Waals surface area contributed by atoms with Crippen molar-refractivity contribution in [2.45, 2.75) is 12.8 Å². The standard InChI is InChI=1S/C21H23N3O2/c1-23(2)16-9-7-15(8-10-16)22-20(25)17-13-18(17)21(26)24-12-11-14-5-3-4-6-19(14)24/h3-10,17-18H,11-13H2,1-2H3,(H,22,25). The van der Waals surface area contributed by atoms with Crippen molar-refractivity contribution >= 4 is 28.9 Å². The average Bonchev–Trinajstić information content (AvgIpc) is 3.34. The molecule has 134 valence electrons. The number of carbonyl (C=O) groups is 2. The van der Waals surface area contributed by atoms with Gasteiger partial charge >= 0.3 is 0 Å². The van der Waals surface area contributed by atoms with Gasteiger partial charge in [0.05, 0.1) is 11.8 Å². The first-order valence-corrected chi connectivity index (χ1v) is 9.02. The Bertz CT molecular complexity index is 845. The van der Waals surface area contributed by atoms with E-state index in [1.807, 2.05) is 66.4 Å². The summed E-state index contributed by atoms with van der Waals surface area (Å²) < 4.78 is 0. The Morgan fingerprint density at radius 3 is 2.50 bits per heavy atom. The quantitative estimate of drug-likeness (QED) is 0.923. The van der Waals surface area contributed by atoms with Crippen molar-refractivity contribution in [2.24, 2.45) is 11.8 Å². The summed E-state index contributed by atoms with van der Waals surface area (Å²) >= 11 is 0. The summed E-state index contributed by atoms with van der Waals surface area (Å²) in [6, 6.07) is 15.7. The SMILES string of the molecule is CN(C)c1ccc(NC(=O)C2CC2C(=O)N2CCc3ccccc32)cc1. The van der Waals surface area contributed by atoms with Crippen LogP contribution in [0.2, 0.25) is 0 Å². The van der Waals surface area contributed by atoms with Crippen LogP contribution < -0.4 is 15.1 Å². The van der Waals surface area contributed by atoms with Crippen molar-refractivity contribution in [1.82, 2.24) is 0 Å². The topological polar surface area (TPSA) is 52.7 Å². The molecule has 1 aliphatic carbocycles. The first-order chi connectivity index (χ1) is 12.5. The van der Waals surface area contributed by atoms with Crippen LogP contribution in [0.3, 0.4) is 0 Å². The summed E-state index contributed by atoms with van der Waals surface area (Å²) in [6.45, 7) is 0.717. The Morgan fingerprint density at radius 1 is 1.04 bits per heavy atom. The van der Waals surface area contributed by atoms with Gasteiger partial charge in [-0.2, -0.15) is 0 Å². The molecule has 1 heterocycles. The van der Waals surface area contributed by atoms with E-state index in [1.165, 1.54) is 5.56 Å². The Kier molecular flexibility index (Phi) is 4.15. The largest absolute Gasteiger partial charge is 0.378 e. The Hall–Kier alpha value is -2.82. The van der Waals surface area contributed by atoms with Gasteiger partial charge in [-0.3, -0.25) is 9.59 Å². The van der Waals surface area contributed by atoms with Gasteiger partial charge in [-0.05, 0) is 48.7 Å². The van der Waals surface area contributed by atoms with E-state index in [0.29, 0.717) is 6.42 Å². The molecule has 5 heteroatoms. The predicted molar refractivity (Wildman–Crippen MR) is 103 cm³/mol. The van der Waals surface area contributed by atoms with Crippen LogP contribution in [0.25, 0.3) is 0 Å². The number of rotatable bonds is 4. The number of para-hydroxylation sites is 1. The molecule has 2 amide bonds. The van der Waals surface area contributed by atoms with Gasteiger partial charge in [0.15, 0.2) is 0 Å². The van der Waals surface area contributed by atoms with Crippen LogP contribution in [0.15, 0.2) is 48.5 Å². The molecule has 1 aliphatic heterocycles. The summed E-state index contributed by atoms with van der Waals surface area (Å²) in [7, 11) is 3.95. The minimum atomic E-state index is -0.219. The molecule has 1 saturated carbocycles. The van der Waals surface area contributed by atoms with E-state index < -0.39 is 0 Å². The second-order valence-electron chi connectivity index (χ2n) is 7.25. The number of hydrogen-bond acceptors (Lipinski definition) is 3. The van der Waals surface area contributed by atoms with Crippen molar-refractivity contribution < 1.29 is 9.59 Å². The number of anilines is 3. The predicted octanol–water partition coefficient (Wildman–Crippen LogP) is 2.92. The van der Waals surface area contributed by atoms with Crippen LogP contribution in [-0.4, -0.2) is 32.5 Å². The van der Waals surface area contributed by atoms with E-state index in [-0.39, 0.29) is 23.7 Å². The van der Waals surface area contributed by atoms with Crippen LogP contribution in [-0.2, 0) is 16.0 Å². The first kappa shape index (κ1) is 16.6. The summed E-state index contributed by atoms with van der Waals surface area (Å²) in [4.78, 5) is 29.1. The molecular weight excluding hydrogens is 326 g/mol. The summed E-state index contributed by atoms with van der Waals surface area (Å²) in [5, 5.41) is 2.94. The highest BCUT2D eigenvalue weighted by atomic mass is 16.2. The monoisotopic (exact) mass is 349 g/mol. The van der Waals surface area contributed by atoms with Crippen LogP contribution in [0.4, 0.5) is 17.1 Å². The minimum Gasteiger partial charge on any atom is -0.378 e. The average molecular weight is 349 g/mol. The van der Waals surface area contributed by atoms with E-state index >= 15 is 0 Å². The smallest absolute Gasteiger partial charge is 0.230 e. The van der Waals surface area contributed by atoms with E-state index in [2.05, 4.69) is 11.4 Å². The number of nitrogens with one attached hydrogen (secondary N) is 1. The number of amides is 2. The van der Waals surface area contributed by atoms with Crippen molar-refractivity contribution in [2.75, 3.05) is 35.8 Å². The van der Waals surface area contributed by atoms with Crippen molar-refractivity contribution in [3.05, 3.63) is 54.1 Å². The third-order valence-corrected chi connectivity index (χ3v) is 5.25. The van der Waals surface area contributed by atoms with Crippen LogP contribution in [0, 0.1) is 11.8 Å². The lowest BCUT2D eigenvalue weighted by atomic mass is 10.2. The highest BCUT2D eigenvalue weighted by molar-refractivity contribution is 6.05. The highest BCUT2D eigenvalue weighted by Gasteiger charge is 2.50. The molecule has 2 aromatic carbocycles. The fraction of sp³-hybridized carbons (Fsp3) is 0.333. The van der Waals surface area contributed by atoms with Crippen LogP contribution in [0.1, 0.15) is 12.0 Å². The van der Waals surface area contributed by atoms with Gasteiger partial charge in [-0.15, -0.1) is 0 Å². The molecule has 2 atom stereocenters. The number of carbonyl (C=O) groups excluding carboxylic acids is 2. The minimum absolute atomic E-state index is 0.0616. The summed E-state index contributed by atoms with van der Waals surface area (Å²) in [5.41, 5.74) is 4.06. The van der Waals surface area contributed by atoms with Crippen molar-refractivity contribution in [3.63, 3.8) is 0 Å². The van der Waals surface area contributed by atoms with Crippen molar-refractivity contribution in [3.8, 4) is 0 Å². The Morgan fingerprint density at radius 2 is 1.77 bits per heavy atom. The zero-order valence-electron chi connectivity index (χ0n) is 15.1. The molecule has 0 spiro atoms. The van der Waals surface area contributed by atoms with E-state index in [0.717, 1.165) is 30.0 Å². The highest BCUT2D eigenvalue weighted by Crippen LogP contribution is 2.43. The molecule has 0 radical (unpaired) electrons. The second kappa shape index (κ2) is 6.48. The van der Waals surface area contributed by atoms with Gasteiger partial charge in [0.1, 0.15) is 0 Å². The zero-order chi connectivity index (χ0) is 18.3. The zero-order valence-corrected chi connectivity index (χ0v) is 15.1. The number of nitrogens with zero attached hydrogens (tertiary/aromatic N) is 2. The molecule has 1 N–H and O–H groups in total. The van der Waals surface area contributed by atoms with Gasteiger partial charge in [0.25, 0.3) is 0 Å². The lowest BCUT2D eigenvalue weighted by molar-refractivity contribution is -0.123. The van der Waals surface area contributed by atoms with E-state index in [1.54, 1.807) is 0 Å². The Balaban J connectivity index is 1.37. The van der Waals surface area contributed by atoms with Gasteiger partial charge in [-0.1, -0.05) is 18.2 Å².